The van der Waals surface area contributed by atoms with Crippen LogP contribution >= 0.6 is 0 Å². The van der Waals surface area contributed by atoms with Crippen LogP contribution in [-0.2, 0) is 50.3 Å². The fraction of sp³-hybridized carbons (Fsp3) is 0. The Labute approximate surface area is 144 Å². The topological polar surface area (TPSA) is 0 Å². The summed E-state index contributed by atoms with van der Waals surface area (Å²) in [4.78, 5) is 0. The Morgan fingerprint density at radius 2 is 1.00 bits per heavy atom. The minimum atomic E-state index is 0. The van der Waals surface area contributed by atoms with Crippen molar-refractivity contribution >= 4 is 97.3 Å². The van der Waals surface area contributed by atoms with Gasteiger partial charge in [0.05, 0.1) is 0 Å². The molecule has 0 atom stereocenters. The summed E-state index contributed by atoms with van der Waals surface area (Å²) in [7, 11) is 0. The molecule has 0 amide bonds. The van der Waals surface area contributed by atoms with Crippen LogP contribution in [0.4, 0.5) is 0 Å². The molecule has 0 aromatic heterocycles. The van der Waals surface area contributed by atoms with Crippen LogP contribution in [0.25, 0.3) is 0 Å². The second kappa shape index (κ2) is 33.3. The summed E-state index contributed by atoms with van der Waals surface area (Å²) >= 11 is 0. The first-order chi connectivity index (χ1) is 0. The zero-order valence-electron chi connectivity index (χ0n) is 3.73. The SMILES string of the molecule is [Ba].[Co].[Li].[Mn].[Na].[Ni]. The molecule has 0 fully saturated rings. The number of hydrogen-bond acceptors (Lipinski definition) is 0. The van der Waals surface area contributed by atoms with E-state index >= 15 is 0 Å². The third kappa shape index (κ3) is 23.4. The standard InChI is InChI=1S/Ba.Co.Li.Mn.Na.Ni. The van der Waals surface area contributed by atoms with Crippen LogP contribution in [0.5, 0.6) is 0 Å². The van der Waals surface area contributed by atoms with Gasteiger partial charge in [-0.25, -0.2) is 0 Å². The fourth-order valence-electron chi connectivity index (χ4n) is 0. The molecular weight excluding hydrogens is 340 g/mol. The van der Waals surface area contributed by atoms with Crippen LogP contribution in [0.3, 0.4) is 0 Å². The zero-order valence-corrected chi connectivity index (χ0v) is 13.4. The van der Waals surface area contributed by atoms with Crippen LogP contribution in [0.1, 0.15) is 0 Å². The van der Waals surface area contributed by atoms with Crippen LogP contribution in [0.15, 0.2) is 0 Å². The van der Waals surface area contributed by atoms with Crippen LogP contribution in [0, 0.1) is 0 Å². The molecule has 30 valence electrons. The molecule has 0 saturated heterocycles. The third-order valence-electron chi connectivity index (χ3n) is 0. The first-order valence-corrected chi connectivity index (χ1v) is 0. The molecular formula is BaCoLiMnNaNi. The van der Waals surface area contributed by atoms with Crippen molar-refractivity contribution in [2.24, 2.45) is 0 Å². The molecule has 0 nitrogen and oxygen atoms in total. The maximum atomic E-state index is 0. The molecule has 0 bridgehead atoms. The Morgan fingerprint density at radius 1 is 1.00 bits per heavy atom. The maximum absolute atomic E-state index is 0. The van der Waals surface area contributed by atoms with Crippen molar-refractivity contribution in [2.75, 3.05) is 0 Å². The molecule has 0 aliphatic rings. The van der Waals surface area contributed by atoms with Gasteiger partial charge in [0.15, 0.2) is 0 Å². The van der Waals surface area contributed by atoms with Crippen molar-refractivity contribution in [3.63, 3.8) is 0 Å². The van der Waals surface area contributed by atoms with E-state index in [0.717, 1.165) is 0 Å². The van der Waals surface area contributed by atoms with E-state index in [2.05, 4.69) is 0 Å². The molecule has 0 heterocycles. The van der Waals surface area contributed by atoms with E-state index in [-0.39, 0.29) is 148 Å². The Hall–Kier alpha value is 4.69. The van der Waals surface area contributed by atoms with Gasteiger partial charge in [-0.3, -0.25) is 0 Å². The van der Waals surface area contributed by atoms with Gasteiger partial charge in [-0.15, -0.1) is 0 Å². The first kappa shape index (κ1) is 45.6. The summed E-state index contributed by atoms with van der Waals surface area (Å²) in [5.74, 6) is 0. The molecule has 6 heavy (non-hydrogen) atoms. The Balaban J connectivity index is 0. The molecule has 0 N–H and O–H groups in total. The molecule has 0 unspecified atom stereocenters. The van der Waals surface area contributed by atoms with E-state index in [4.69, 9.17) is 0 Å². The van der Waals surface area contributed by atoms with Gasteiger partial charge >= 0.3 is 0 Å². The van der Waals surface area contributed by atoms with Gasteiger partial charge < -0.3 is 0 Å². The molecule has 0 saturated carbocycles. The smallest absolute Gasteiger partial charge is 0 e. The Kier molecular flexibility index (Phi) is 253. The van der Waals surface area contributed by atoms with Gasteiger partial charge in [0.1, 0.15) is 0 Å². The van der Waals surface area contributed by atoms with Gasteiger partial charge in [-0.2, -0.15) is 0 Å². The van der Waals surface area contributed by atoms with Gasteiger partial charge in [0, 0.05) is 148 Å². The average molecular weight is 340 g/mol. The molecule has 6 heteroatoms. The third-order valence-corrected chi connectivity index (χ3v) is 0. The van der Waals surface area contributed by atoms with Crippen molar-refractivity contribution in [3.05, 3.63) is 0 Å². The molecule has 0 spiro atoms. The average Bonchev–Trinajstić information content (AvgIpc) is 0. The second-order valence-corrected chi connectivity index (χ2v) is 0. The monoisotopic (exact) mass is 340 g/mol. The summed E-state index contributed by atoms with van der Waals surface area (Å²) in [5.41, 5.74) is 0. The zero-order chi connectivity index (χ0) is 0. The van der Waals surface area contributed by atoms with Gasteiger partial charge in [-0.1, -0.05) is 0 Å². The molecule has 0 aromatic carbocycles. The Bertz CT molecular complexity index is 15.5. The van der Waals surface area contributed by atoms with E-state index < -0.39 is 0 Å². The predicted molar refractivity (Wildman–Crippen MR) is 17.3 cm³/mol. The quantitative estimate of drug-likeness (QED) is 0.489. The van der Waals surface area contributed by atoms with Crippen molar-refractivity contribution < 1.29 is 50.3 Å². The van der Waals surface area contributed by atoms with Crippen LogP contribution in [-0.4, -0.2) is 97.3 Å². The fourth-order valence-corrected chi connectivity index (χ4v) is 0. The van der Waals surface area contributed by atoms with Crippen LogP contribution in [0.2, 0.25) is 0 Å². The van der Waals surface area contributed by atoms with Crippen molar-refractivity contribution in [3.8, 4) is 0 Å². The minimum Gasteiger partial charge on any atom is 0 e. The summed E-state index contributed by atoms with van der Waals surface area (Å²) in [6, 6.07) is 0. The van der Waals surface area contributed by atoms with Crippen molar-refractivity contribution in [1.29, 1.82) is 0 Å². The predicted octanol–water partition coefficient (Wildman–Crippen LogP) is -1.15. The van der Waals surface area contributed by atoms with Crippen molar-refractivity contribution in [1.82, 2.24) is 0 Å². The van der Waals surface area contributed by atoms with E-state index in [1.165, 1.54) is 0 Å². The van der Waals surface area contributed by atoms with Gasteiger partial charge in [0.2, 0.25) is 0 Å². The van der Waals surface area contributed by atoms with Gasteiger partial charge in [0.25, 0.3) is 0 Å². The van der Waals surface area contributed by atoms with E-state index in [1.807, 2.05) is 0 Å². The molecule has 0 aliphatic carbocycles. The molecule has 0 aromatic rings. The Morgan fingerprint density at radius 3 is 1.00 bits per heavy atom. The van der Waals surface area contributed by atoms with Gasteiger partial charge in [-0.05, 0) is 0 Å². The largest absolute Gasteiger partial charge is 0 e. The van der Waals surface area contributed by atoms with E-state index in [1.54, 1.807) is 0 Å². The van der Waals surface area contributed by atoms with E-state index in [0.29, 0.717) is 0 Å². The minimum absolute atomic E-state index is 0. The molecule has 0 aliphatic heterocycles. The summed E-state index contributed by atoms with van der Waals surface area (Å²) in [6.45, 7) is 0. The van der Waals surface area contributed by atoms with Crippen LogP contribution < -0.4 is 0 Å². The second-order valence-electron chi connectivity index (χ2n) is 0. The van der Waals surface area contributed by atoms with Crippen molar-refractivity contribution in [2.45, 2.75) is 0 Å². The number of rotatable bonds is 0. The van der Waals surface area contributed by atoms with E-state index in [9.17, 15) is 0 Å². The normalized spacial score (nSPS) is 0. The first-order valence-electron chi connectivity index (χ1n) is 0. The summed E-state index contributed by atoms with van der Waals surface area (Å²) in [5, 5.41) is 0. The summed E-state index contributed by atoms with van der Waals surface area (Å²) < 4.78 is 0. The number of hydrogen-bond donors (Lipinski definition) is 0. The maximum Gasteiger partial charge on any atom is 0 e. The molecule has 0 rings (SSSR count). The summed E-state index contributed by atoms with van der Waals surface area (Å²) in [6.07, 6.45) is 0. The molecule has 6 radical (unpaired) electrons.